The van der Waals surface area contributed by atoms with Gasteiger partial charge in [-0.25, -0.2) is 0 Å². The lowest BCUT2D eigenvalue weighted by atomic mass is 10.1. The van der Waals surface area contributed by atoms with Crippen LogP contribution in [0.3, 0.4) is 0 Å². The molecule has 0 saturated carbocycles. The second kappa shape index (κ2) is 4.18. The Morgan fingerprint density at radius 2 is 2.18 bits per heavy atom. The predicted octanol–water partition coefficient (Wildman–Crippen LogP) is 4.01. The molecule has 0 radical (unpaired) electrons. The molecule has 86 valence electrons. The number of thiophene rings is 1. The van der Waals surface area contributed by atoms with Crippen LogP contribution in [0.25, 0.3) is 21.5 Å². The smallest absolute Gasteiger partial charge is 0.0611 e. The number of aromatic amines is 1. The number of hydrogen-bond donors (Lipinski definition) is 2. The van der Waals surface area contributed by atoms with Crippen molar-refractivity contribution in [3.8, 4) is 10.6 Å². The van der Waals surface area contributed by atoms with E-state index in [1.54, 1.807) is 11.3 Å². The van der Waals surface area contributed by atoms with Gasteiger partial charge in [0.05, 0.1) is 10.6 Å². The topological polar surface area (TPSA) is 41.8 Å². The van der Waals surface area contributed by atoms with E-state index in [4.69, 9.17) is 17.3 Å². The molecule has 2 nitrogen and oxygen atoms in total. The summed E-state index contributed by atoms with van der Waals surface area (Å²) in [7, 11) is 0. The maximum atomic E-state index is 6.03. The van der Waals surface area contributed by atoms with E-state index < -0.39 is 0 Å². The van der Waals surface area contributed by atoms with Crippen LogP contribution in [0.2, 0.25) is 5.02 Å². The average Bonchev–Trinajstić information content (AvgIpc) is 2.94. The zero-order valence-corrected chi connectivity index (χ0v) is 10.6. The van der Waals surface area contributed by atoms with Gasteiger partial charge in [-0.2, -0.15) is 0 Å². The number of nitrogens with one attached hydrogen (secondary N) is 1. The minimum Gasteiger partial charge on any atom is -0.354 e. The predicted molar refractivity (Wildman–Crippen MR) is 74.5 cm³/mol. The normalized spacial score (nSPS) is 11.2. The number of aromatic nitrogens is 1. The Hall–Kier alpha value is -1.29. The minimum atomic E-state index is 0.508. The van der Waals surface area contributed by atoms with Crippen molar-refractivity contribution in [2.45, 2.75) is 6.54 Å². The van der Waals surface area contributed by atoms with E-state index in [1.165, 1.54) is 4.88 Å². The lowest BCUT2D eigenvalue weighted by Crippen LogP contribution is -1.96. The molecule has 17 heavy (non-hydrogen) atoms. The Kier molecular flexibility index (Phi) is 2.67. The summed E-state index contributed by atoms with van der Waals surface area (Å²) in [5, 5.41) is 3.92. The van der Waals surface area contributed by atoms with Gasteiger partial charge >= 0.3 is 0 Å². The van der Waals surface area contributed by atoms with Crippen molar-refractivity contribution in [1.29, 1.82) is 0 Å². The third kappa shape index (κ3) is 1.76. The van der Waals surface area contributed by atoms with Crippen LogP contribution in [-0.4, -0.2) is 4.98 Å². The molecule has 1 aromatic carbocycles. The van der Waals surface area contributed by atoms with Crippen molar-refractivity contribution in [3.05, 3.63) is 46.3 Å². The number of halogens is 1. The van der Waals surface area contributed by atoms with E-state index in [9.17, 15) is 0 Å². The highest BCUT2D eigenvalue weighted by atomic mass is 35.5. The summed E-state index contributed by atoms with van der Waals surface area (Å²) in [6, 6.07) is 9.98. The van der Waals surface area contributed by atoms with Crippen molar-refractivity contribution < 1.29 is 0 Å². The molecule has 0 bridgehead atoms. The quantitative estimate of drug-likeness (QED) is 0.720. The van der Waals surface area contributed by atoms with E-state index in [2.05, 4.69) is 16.4 Å². The SMILES string of the molecule is NCc1c(-c2cccs2)[nH]c2ccc(Cl)cc12. The summed E-state index contributed by atoms with van der Waals surface area (Å²) in [6.45, 7) is 0.508. The summed E-state index contributed by atoms with van der Waals surface area (Å²) in [6.07, 6.45) is 0. The molecule has 0 aliphatic rings. The van der Waals surface area contributed by atoms with Crippen LogP contribution in [-0.2, 0) is 6.54 Å². The van der Waals surface area contributed by atoms with Crippen LogP contribution in [0.1, 0.15) is 5.56 Å². The molecule has 4 heteroatoms. The minimum absolute atomic E-state index is 0.508. The molecular weight excluding hydrogens is 252 g/mol. The van der Waals surface area contributed by atoms with Gasteiger partial charge in [0.1, 0.15) is 0 Å². The number of nitrogens with two attached hydrogens (primary N) is 1. The van der Waals surface area contributed by atoms with Gasteiger partial charge in [0.15, 0.2) is 0 Å². The van der Waals surface area contributed by atoms with E-state index >= 15 is 0 Å². The molecule has 0 aliphatic heterocycles. The summed E-state index contributed by atoms with van der Waals surface area (Å²) in [5.41, 5.74) is 9.18. The maximum absolute atomic E-state index is 6.03. The average molecular weight is 263 g/mol. The zero-order chi connectivity index (χ0) is 11.8. The number of H-pyrrole nitrogens is 1. The molecule has 0 fully saturated rings. The van der Waals surface area contributed by atoms with Crippen LogP contribution in [0.5, 0.6) is 0 Å². The van der Waals surface area contributed by atoms with Gasteiger partial charge in [0, 0.05) is 22.5 Å². The van der Waals surface area contributed by atoms with Crippen molar-refractivity contribution in [2.75, 3.05) is 0 Å². The van der Waals surface area contributed by atoms with Crippen molar-refractivity contribution in [3.63, 3.8) is 0 Å². The van der Waals surface area contributed by atoms with Crippen LogP contribution < -0.4 is 5.73 Å². The fraction of sp³-hybridized carbons (Fsp3) is 0.0769. The fourth-order valence-corrected chi connectivity index (χ4v) is 2.99. The van der Waals surface area contributed by atoms with Crippen molar-refractivity contribution in [2.24, 2.45) is 5.73 Å². The lowest BCUT2D eigenvalue weighted by Gasteiger charge is -1.98. The highest BCUT2D eigenvalue weighted by molar-refractivity contribution is 7.13. The first-order valence-corrected chi connectivity index (χ1v) is 6.59. The van der Waals surface area contributed by atoms with Gasteiger partial charge in [-0.3, -0.25) is 0 Å². The number of fused-ring (bicyclic) bond motifs is 1. The van der Waals surface area contributed by atoms with E-state index in [0.29, 0.717) is 6.54 Å². The molecule has 2 aromatic heterocycles. The Morgan fingerprint density at radius 1 is 1.29 bits per heavy atom. The highest BCUT2D eigenvalue weighted by Crippen LogP contribution is 2.33. The summed E-state index contributed by atoms with van der Waals surface area (Å²) >= 11 is 7.73. The number of benzene rings is 1. The van der Waals surface area contributed by atoms with Gasteiger partial charge < -0.3 is 10.7 Å². The Bertz CT molecular complexity index is 655. The second-order valence-electron chi connectivity index (χ2n) is 3.85. The third-order valence-corrected chi connectivity index (χ3v) is 3.96. The third-order valence-electron chi connectivity index (χ3n) is 2.84. The van der Waals surface area contributed by atoms with Crippen molar-refractivity contribution in [1.82, 2.24) is 4.98 Å². The first-order chi connectivity index (χ1) is 8.29. The van der Waals surface area contributed by atoms with Gasteiger partial charge in [-0.15, -0.1) is 11.3 Å². The van der Waals surface area contributed by atoms with Crippen LogP contribution in [0.4, 0.5) is 0 Å². The molecule has 3 rings (SSSR count). The largest absolute Gasteiger partial charge is 0.354 e. The molecule has 0 aliphatic carbocycles. The Labute approximate surface area is 108 Å². The molecular formula is C13H11ClN2S. The first-order valence-electron chi connectivity index (χ1n) is 5.33. The van der Waals surface area contributed by atoms with E-state index in [1.807, 2.05) is 24.3 Å². The molecule has 0 saturated heterocycles. The molecule has 3 aromatic rings. The monoisotopic (exact) mass is 262 g/mol. The Balaban J connectivity index is 2.32. The summed E-state index contributed by atoms with van der Waals surface area (Å²) in [4.78, 5) is 4.62. The van der Waals surface area contributed by atoms with Gasteiger partial charge in [0.25, 0.3) is 0 Å². The molecule has 3 N–H and O–H groups in total. The van der Waals surface area contributed by atoms with Gasteiger partial charge in [-0.1, -0.05) is 17.7 Å². The molecule has 0 spiro atoms. The van der Waals surface area contributed by atoms with Gasteiger partial charge in [-0.05, 0) is 35.2 Å². The van der Waals surface area contributed by atoms with Crippen molar-refractivity contribution >= 4 is 33.8 Å². The van der Waals surface area contributed by atoms with Crippen LogP contribution in [0.15, 0.2) is 35.7 Å². The summed E-state index contributed by atoms with van der Waals surface area (Å²) in [5.74, 6) is 0. The molecule has 2 heterocycles. The van der Waals surface area contributed by atoms with E-state index in [-0.39, 0.29) is 0 Å². The maximum Gasteiger partial charge on any atom is 0.0611 e. The van der Waals surface area contributed by atoms with Crippen LogP contribution in [0, 0.1) is 0 Å². The zero-order valence-electron chi connectivity index (χ0n) is 9.03. The summed E-state index contributed by atoms with van der Waals surface area (Å²) < 4.78 is 0. The molecule has 0 atom stereocenters. The van der Waals surface area contributed by atoms with Crippen LogP contribution >= 0.6 is 22.9 Å². The lowest BCUT2D eigenvalue weighted by molar-refractivity contribution is 1.09. The van der Waals surface area contributed by atoms with Gasteiger partial charge in [0.2, 0.25) is 0 Å². The number of hydrogen-bond acceptors (Lipinski definition) is 2. The fourth-order valence-electron chi connectivity index (χ4n) is 2.06. The second-order valence-corrected chi connectivity index (χ2v) is 5.23. The van der Waals surface area contributed by atoms with E-state index in [0.717, 1.165) is 27.2 Å². The highest BCUT2D eigenvalue weighted by Gasteiger charge is 2.12. The Morgan fingerprint density at radius 3 is 2.88 bits per heavy atom. The molecule has 0 unspecified atom stereocenters. The number of rotatable bonds is 2. The standard InChI is InChI=1S/C13H11ClN2S/c14-8-3-4-11-9(6-8)10(7-15)13(16-11)12-2-1-5-17-12/h1-6,16H,7,15H2. The molecule has 0 amide bonds. The first kappa shape index (κ1) is 10.8.